The summed E-state index contributed by atoms with van der Waals surface area (Å²) in [6.45, 7) is 10.2. The van der Waals surface area contributed by atoms with E-state index in [1.165, 1.54) is 59.6 Å². The quantitative estimate of drug-likeness (QED) is 0.161. The molecule has 2 aromatic carbocycles. The summed E-state index contributed by atoms with van der Waals surface area (Å²) in [5.41, 5.74) is 7.78. The first-order chi connectivity index (χ1) is 17.8. The molecule has 2 aromatic heterocycles. The molecule has 38 heavy (non-hydrogen) atoms. The Labute approximate surface area is 239 Å². The maximum Gasteiger partial charge on any atom is 0.151 e. The van der Waals surface area contributed by atoms with Crippen molar-refractivity contribution in [3.8, 4) is 11.3 Å². The summed E-state index contributed by atoms with van der Waals surface area (Å²) in [4.78, 5) is 20.2. The largest absolute Gasteiger partial charge is 0.685 e. The minimum Gasteiger partial charge on any atom is -0.685 e. The van der Waals surface area contributed by atoms with Gasteiger partial charge in [-0.3, -0.25) is 9.78 Å². The van der Waals surface area contributed by atoms with Gasteiger partial charge in [0.1, 0.15) is 0 Å². The molecule has 5 heteroatoms. The summed E-state index contributed by atoms with van der Waals surface area (Å²) in [6, 6.07) is 16.8. The second-order valence-electron chi connectivity index (χ2n) is 11.0. The molecule has 2 aliphatic rings. The minimum atomic E-state index is -0.139. The van der Waals surface area contributed by atoms with E-state index in [1.54, 1.807) is 13.0 Å². The predicted octanol–water partition coefficient (Wildman–Crippen LogP) is 8.38. The van der Waals surface area contributed by atoms with Gasteiger partial charge in [0.15, 0.2) is 5.78 Å². The van der Waals surface area contributed by atoms with Crippen LogP contribution in [0, 0.1) is 13.0 Å². The smallest absolute Gasteiger partial charge is 0.151 e. The molecule has 4 aromatic rings. The van der Waals surface area contributed by atoms with Crippen LogP contribution in [0.15, 0.2) is 60.6 Å². The summed E-state index contributed by atoms with van der Waals surface area (Å²) in [7, 11) is 0. The number of carbonyl (C=O) groups excluding carboxylic acids is 1. The van der Waals surface area contributed by atoms with Crippen molar-refractivity contribution in [3.05, 3.63) is 88.6 Å². The Morgan fingerprint density at radius 1 is 1.05 bits per heavy atom. The molecule has 0 atom stereocenters. The SMILES string of the molecule is CC(=O)/C=C(/C)[N-]C1CCCCC1.Cc1cc2c3c(nccc3c1)-c1[c-]cc3cccnc3c1C2(C)C.[Ir]. The van der Waals surface area contributed by atoms with Gasteiger partial charge in [-0.15, -0.1) is 23.7 Å². The van der Waals surface area contributed by atoms with Crippen LogP contribution < -0.4 is 0 Å². The van der Waals surface area contributed by atoms with Crippen molar-refractivity contribution in [1.29, 1.82) is 0 Å². The van der Waals surface area contributed by atoms with Crippen LogP contribution in [0.1, 0.15) is 76.5 Å². The number of pyridine rings is 2. The Morgan fingerprint density at radius 2 is 1.82 bits per heavy atom. The molecule has 199 valence electrons. The number of aryl methyl sites for hydroxylation is 1. The summed E-state index contributed by atoms with van der Waals surface area (Å²) in [5.74, 6) is 0.0945. The van der Waals surface area contributed by atoms with E-state index in [0.29, 0.717) is 6.04 Å². The Bertz CT molecular complexity index is 1520. The van der Waals surface area contributed by atoms with Crippen molar-refractivity contribution in [3.63, 3.8) is 0 Å². The van der Waals surface area contributed by atoms with Gasteiger partial charge < -0.3 is 10.3 Å². The molecule has 1 radical (unpaired) electrons. The molecule has 0 aliphatic heterocycles. The first kappa shape index (κ1) is 28.1. The summed E-state index contributed by atoms with van der Waals surface area (Å²) >= 11 is 0. The zero-order chi connectivity index (χ0) is 26.2. The van der Waals surface area contributed by atoms with E-state index in [0.717, 1.165) is 27.9 Å². The number of fused-ring (bicyclic) bond motifs is 4. The van der Waals surface area contributed by atoms with Crippen LogP contribution in [0.4, 0.5) is 0 Å². The molecule has 6 rings (SSSR count). The number of hydrogen-bond acceptors (Lipinski definition) is 3. The van der Waals surface area contributed by atoms with Gasteiger partial charge in [-0.1, -0.05) is 93.7 Å². The minimum absolute atomic E-state index is 0. The van der Waals surface area contributed by atoms with Crippen LogP contribution >= 0.6 is 0 Å². The Hall–Kier alpha value is -2.88. The second-order valence-corrected chi connectivity index (χ2v) is 11.0. The van der Waals surface area contributed by atoms with E-state index < -0.39 is 0 Å². The number of hydrogen-bond donors (Lipinski definition) is 0. The van der Waals surface area contributed by atoms with Gasteiger partial charge in [0.05, 0.1) is 0 Å². The monoisotopic (exact) mass is 682 g/mol. The Kier molecular flexibility index (Phi) is 8.49. The van der Waals surface area contributed by atoms with Crippen LogP contribution in [0.3, 0.4) is 0 Å². The number of aromatic nitrogens is 2. The number of nitrogens with zero attached hydrogens (tertiary/aromatic N) is 3. The predicted molar refractivity (Wildman–Crippen MR) is 153 cm³/mol. The van der Waals surface area contributed by atoms with Gasteiger partial charge in [-0.05, 0) is 59.0 Å². The van der Waals surface area contributed by atoms with Crippen LogP contribution in [-0.2, 0) is 30.3 Å². The molecule has 4 nitrogen and oxygen atoms in total. The van der Waals surface area contributed by atoms with Crippen molar-refractivity contribution in [2.75, 3.05) is 0 Å². The molecule has 0 amide bonds. The molecule has 0 N–H and O–H groups in total. The zero-order valence-electron chi connectivity index (χ0n) is 22.9. The van der Waals surface area contributed by atoms with Crippen molar-refractivity contribution in [2.24, 2.45) is 0 Å². The molecule has 0 saturated heterocycles. The fourth-order valence-electron chi connectivity index (χ4n) is 5.99. The molecule has 0 spiro atoms. The van der Waals surface area contributed by atoms with Gasteiger partial charge in [0.2, 0.25) is 0 Å². The van der Waals surface area contributed by atoms with Gasteiger partial charge >= 0.3 is 0 Å². The van der Waals surface area contributed by atoms with Crippen LogP contribution in [0.5, 0.6) is 0 Å². The Morgan fingerprint density at radius 3 is 2.55 bits per heavy atom. The average molecular weight is 682 g/mol. The first-order valence-corrected chi connectivity index (χ1v) is 13.4. The second kappa shape index (κ2) is 11.5. The Balaban J connectivity index is 0.000000207. The van der Waals surface area contributed by atoms with E-state index in [4.69, 9.17) is 9.97 Å². The van der Waals surface area contributed by atoms with Crippen molar-refractivity contribution >= 4 is 27.5 Å². The third-order valence-electron chi connectivity index (χ3n) is 7.61. The number of carbonyl (C=O) groups is 1. The van der Waals surface area contributed by atoms with Crippen molar-refractivity contribution < 1.29 is 24.9 Å². The molecular formula is C33H35IrN3O-2. The summed E-state index contributed by atoms with van der Waals surface area (Å²) < 4.78 is 0. The number of rotatable bonds is 3. The number of benzene rings is 2. The normalized spacial score (nSPS) is 16.2. The van der Waals surface area contributed by atoms with E-state index in [9.17, 15) is 4.79 Å². The van der Waals surface area contributed by atoms with E-state index in [1.807, 2.05) is 31.5 Å². The number of ketones is 1. The van der Waals surface area contributed by atoms with Crippen molar-refractivity contribution in [2.45, 2.75) is 78.2 Å². The van der Waals surface area contributed by atoms with Crippen LogP contribution in [0.2, 0.25) is 0 Å². The number of allylic oxidation sites excluding steroid dienone is 2. The fraction of sp³-hybridized carbons (Fsp3) is 0.364. The van der Waals surface area contributed by atoms with Gasteiger partial charge in [0, 0.05) is 32.5 Å². The van der Waals surface area contributed by atoms with Crippen LogP contribution in [-0.4, -0.2) is 21.8 Å². The van der Waals surface area contributed by atoms with Gasteiger partial charge in [0.25, 0.3) is 0 Å². The molecule has 2 aliphatic carbocycles. The molecule has 1 saturated carbocycles. The van der Waals surface area contributed by atoms with Crippen molar-refractivity contribution in [1.82, 2.24) is 9.97 Å². The third-order valence-corrected chi connectivity index (χ3v) is 7.61. The van der Waals surface area contributed by atoms with Crippen LogP contribution in [0.25, 0.3) is 38.2 Å². The summed E-state index contributed by atoms with van der Waals surface area (Å²) in [6.07, 6.45) is 11.7. The molecule has 1 fully saturated rings. The topological polar surface area (TPSA) is 57.0 Å². The maximum atomic E-state index is 10.8. The van der Waals surface area contributed by atoms with E-state index in [2.05, 4.69) is 56.4 Å². The van der Waals surface area contributed by atoms with Gasteiger partial charge in [-0.2, -0.15) is 5.70 Å². The summed E-state index contributed by atoms with van der Waals surface area (Å²) in [5, 5.41) is 8.16. The first-order valence-electron chi connectivity index (χ1n) is 13.4. The molecule has 0 bridgehead atoms. The zero-order valence-corrected chi connectivity index (χ0v) is 25.3. The molecule has 0 unspecified atom stereocenters. The van der Waals surface area contributed by atoms with Gasteiger partial charge in [-0.25, -0.2) is 0 Å². The average Bonchev–Trinajstić information content (AvgIpc) is 2.87. The molecule has 2 heterocycles. The fourth-order valence-corrected chi connectivity index (χ4v) is 5.99. The third kappa shape index (κ3) is 5.46. The van der Waals surface area contributed by atoms with E-state index in [-0.39, 0.29) is 31.3 Å². The van der Waals surface area contributed by atoms with E-state index >= 15 is 0 Å². The molecular weight excluding hydrogens is 647 g/mol. The standard InChI is InChI=1S/C22H17N2.C11H19NO.Ir/c1-13-11-15-8-10-24-21-16-7-6-14-5-4-9-23-20(14)19(16)22(2,3)17(12-13)18(15)21;1-9(8-10(2)13)12-11-6-4-3-5-7-11;/h4-6,8-12H,1-3H3;8,11H,3-7H2,1-2H3,(H,12,13);/q-1;;/p-1. The maximum absolute atomic E-state index is 10.8.